The minimum Gasteiger partial charge on any atom is -0.384 e. The van der Waals surface area contributed by atoms with Gasteiger partial charge in [-0.2, -0.15) is 5.10 Å². The van der Waals surface area contributed by atoms with E-state index in [1.54, 1.807) is 31.1 Å². The van der Waals surface area contributed by atoms with Gasteiger partial charge in [0.25, 0.3) is 0 Å². The summed E-state index contributed by atoms with van der Waals surface area (Å²) in [6.07, 6.45) is 1.07. The van der Waals surface area contributed by atoms with E-state index in [0.717, 1.165) is 5.69 Å². The molecule has 0 bridgehead atoms. The van der Waals surface area contributed by atoms with Crippen LogP contribution in [0.25, 0.3) is 0 Å². The van der Waals surface area contributed by atoms with Gasteiger partial charge < -0.3 is 9.84 Å². The number of hydrogen-bond acceptors (Lipinski definition) is 3. The third-order valence-electron chi connectivity index (χ3n) is 1.52. The zero-order chi connectivity index (χ0) is 8.27. The summed E-state index contributed by atoms with van der Waals surface area (Å²) in [5.41, 5.74) is 0.770. The molecule has 0 saturated carbocycles. The normalized spacial score (nSPS) is 13.4. The van der Waals surface area contributed by atoms with E-state index >= 15 is 0 Å². The summed E-state index contributed by atoms with van der Waals surface area (Å²) in [6.45, 7) is 0.305. The Bertz CT molecular complexity index is 222. The molecule has 62 valence electrons. The second kappa shape index (κ2) is 3.50. The Labute approximate surface area is 65.4 Å². The van der Waals surface area contributed by atoms with Gasteiger partial charge in [-0.3, -0.25) is 4.68 Å². The smallest absolute Gasteiger partial charge is 0.119 e. The first-order chi connectivity index (χ1) is 5.25. The lowest BCUT2D eigenvalue weighted by atomic mass is 10.3. The maximum atomic E-state index is 9.40. The second-order valence-electron chi connectivity index (χ2n) is 2.35. The van der Waals surface area contributed by atoms with Crippen molar-refractivity contribution in [2.24, 2.45) is 7.05 Å². The highest BCUT2D eigenvalue weighted by Crippen LogP contribution is 2.10. The van der Waals surface area contributed by atoms with Gasteiger partial charge in [-0.25, -0.2) is 0 Å². The molecule has 4 nitrogen and oxygen atoms in total. The zero-order valence-corrected chi connectivity index (χ0v) is 6.69. The van der Waals surface area contributed by atoms with Crippen molar-refractivity contribution in [3.05, 3.63) is 18.0 Å². The summed E-state index contributed by atoms with van der Waals surface area (Å²) in [7, 11) is 3.34. The third kappa shape index (κ3) is 1.78. The van der Waals surface area contributed by atoms with Crippen molar-refractivity contribution in [1.29, 1.82) is 0 Å². The highest BCUT2D eigenvalue weighted by Gasteiger charge is 2.09. The molecular weight excluding hydrogens is 144 g/mol. The van der Waals surface area contributed by atoms with E-state index in [2.05, 4.69) is 5.10 Å². The fourth-order valence-electron chi connectivity index (χ4n) is 0.954. The number of aryl methyl sites for hydroxylation is 1. The Morgan fingerprint density at radius 3 is 3.00 bits per heavy atom. The van der Waals surface area contributed by atoms with E-state index < -0.39 is 6.10 Å². The van der Waals surface area contributed by atoms with Crippen molar-refractivity contribution < 1.29 is 9.84 Å². The Hall–Kier alpha value is -0.870. The highest BCUT2D eigenvalue weighted by atomic mass is 16.5. The van der Waals surface area contributed by atoms with Gasteiger partial charge in [-0.15, -0.1) is 0 Å². The molecular formula is C7H12N2O2. The van der Waals surface area contributed by atoms with E-state index in [4.69, 9.17) is 4.74 Å². The number of methoxy groups -OCH3 is 1. The van der Waals surface area contributed by atoms with Crippen molar-refractivity contribution in [2.75, 3.05) is 13.7 Å². The topological polar surface area (TPSA) is 47.3 Å². The first kappa shape index (κ1) is 8.23. The lowest BCUT2D eigenvalue weighted by Crippen LogP contribution is -2.10. The fraction of sp³-hybridized carbons (Fsp3) is 0.571. The molecule has 4 heteroatoms. The van der Waals surface area contributed by atoms with Crippen LogP contribution in [0.2, 0.25) is 0 Å². The molecule has 1 aromatic rings. The van der Waals surface area contributed by atoms with Gasteiger partial charge in [-0.1, -0.05) is 0 Å². The van der Waals surface area contributed by atoms with E-state index in [9.17, 15) is 5.11 Å². The highest BCUT2D eigenvalue weighted by molar-refractivity contribution is 5.03. The van der Waals surface area contributed by atoms with Gasteiger partial charge in [0.2, 0.25) is 0 Å². The first-order valence-corrected chi connectivity index (χ1v) is 3.40. The summed E-state index contributed by atoms with van der Waals surface area (Å²) < 4.78 is 6.42. The molecule has 0 fully saturated rings. The zero-order valence-electron chi connectivity index (χ0n) is 6.69. The molecule has 0 saturated heterocycles. The number of nitrogens with zero attached hydrogens (tertiary/aromatic N) is 2. The summed E-state index contributed by atoms with van der Waals surface area (Å²) in [5, 5.41) is 13.3. The molecule has 0 spiro atoms. The monoisotopic (exact) mass is 156 g/mol. The predicted molar refractivity (Wildman–Crippen MR) is 40.0 cm³/mol. The van der Waals surface area contributed by atoms with Crippen LogP contribution < -0.4 is 0 Å². The molecule has 0 amide bonds. The van der Waals surface area contributed by atoms with Crippen LogP contribution in [-0.2, 0) is 11.8 Å². The Morgan fingerprint density at radius 1 is 1.82 bits per heavy atom. The van der Waals surface area contributed by atoms with Gasteiger partial charge in [-0.05, 0) is 6.07 Å². The summed E-state index contributed by atoms with van der Waals surface area (Å²) in [5.74, 6) is 0. The molecule has 0 aromatic carbocycles. The molecule has 1 unspecified atom stereocenters. The average molecular weight is 156 g/mol. The van der Waals surface area contributed by atoms with Crippen LogP contribution in [-0.4, -0.2) is 28.6 Å². The van der Waals surface area contributed by atoms with Crippen LogP contribution >= 0.6 is 0 Å². The van der Waals surface area contributed by atoms with Gasteiger partial charge in [0, 0.05) is 20.4 Å². The molecule has 1 atom stereocenters. The molecule has 0 radical (unpaired) electrons. The van der Waals surface area contributed by atoms with Crippen molar-refractivity contribution >= 4 is 0 Å². The van der Waals surface area contributed by atoms with Crippen LogP contribution in [0.1, 0.15) is 11.8 Å². The fourth-order valence-corrected chi connectivity index (χ4v) is 0.954. The molecule has 1 aromatic heterocycles. The molecule has 11 heavy (non-hydrogen) atoms. The average Bonchev–Trinajstić information content (AvgIpc) is 2.36. The van der Waals surface area contributed by atoms with Gasteiger partial charge in [0.15, 0.2) is 0 Å². The standard InChI is InChI=1S/C7H12N2O2/c1-9-6(3-4-8-9)7(10)5-11-2/h3-4,7,10H,5H2,1-2H3. The van der Waals surface area contributed by atoms with Crippen LogP contribution in [0.5, 0.6) is 0 Å². The SMILES string of the molecule is COCC(O)c1ccnn1C. The van der Waals surface area contributed by atoms with Gasteiger partial charge >= 0.3 is 0 Å². The van der Waals surface area contributed by atoms with Crippen molar-refractivity contribution in [3.63, 3.8) is 0 Å². The molecule has 0 aliphatic rings. The van der Waals surface area contributed by atoms with Crippen LogP contribution in [0.15, 0.2) is 12.3 Å². The maximum absolute atomic E-state index is 9.40. The number of hydrogen-bond donors (Lipinski definition) is 1. The minimum absolute atomic E-state index is 0.305. The van der Waals surface area contributed by atoms with Crippen molar-refractivity contribution in [2.45, 2.75) is 6.10 Å². The number of aromatic nitrogens is 2. The van der Waals surface area contributed by atoms with E-state index in [1.807, 2.05) is 0 Å². The van der Waals surface area contributed by atoms with Gasteiger partial charge in [0.05, 0.1) is 12.3 Å². The number of aliphatic hydroxyl groups is 1. The Balaban J connectivity index is 2.67. The largest absolute Gasteiger partial charge is 0.384 e. The maximum Gasteiger partial charge on any atom is 0.119 e. The molecule has 1 N–H and O–H groups in total. The lowest BCUT2D eigenvalue weighted by molar-refractivity contribution is 0.0593. The van der Waals surface area contributed by atoms with Gasteiger partial charge in [0.1, 0.15) is 6.10 Å². The van der Waals surface area contributed by atoms with E-state index in [0.29, 0.717) is 6.61 Å². The minimum atomic E-state index is -0.576. The molecule has 1 heterocycles. The van der Waals surface area contributed by atoms with Crippen LogP contribution in [0.3, 0.4) is 0 Å². The van der Waals surface area contributed by atoms with Crippen molar-refractivity contribution in [3.8, 4) is 0 Å². The second-order valence-corrected chi connectivity index (χ2v) is 2.35. The van der Waals surface area contributed by atoms with Crippen LogP contribution in [0, 0.1) is 0 Å². The molecule has 0 aliphatic carbocycles. The molecule has 0 aliphatic heterocycles. The lowest BCUT2D eigenvalue weighted by Gasteiger charge is -2.08. The number of rotatable bonds is 3. The van der Waals surface area contributed by atoms with E-state index in [1.165, 1.54) is 0 Å². The Morgan fingerprint density at radius 2 is 2.55 bits per heavy atom. The quantitative estimate of drug-likeness (QED) is 0.675. The van der Waals surface area contributed by atoms with Crippen molar-refractivity contribution in [1.82, 2.24) is 9.78 Å². The number of ether oxygens (including phenoxy) is 1. The molecule has 1 rings (SSSR count). The van der Waals surface area contributed by atoms with Crippen LogP contribution in [0.4, 0.5) is 0 Å². The Kier molecular flexibility index (Phi) is 2.62. The summed E-state index contributed by atoms with van der Waals surface area (Å²) >= 11 is 0. The van der Waals surface area contributed by atoms with E-state index in [-0.39, 0.29) is 0 Å². The summed E-state index contributed by atoms with van der Waals surface area (Å²) in [6, 6.07) is 1.77. The predicted octanol–water partition coefficient (Wildman–Crippen LogP) is 0.0999. The third-order valence-corrected chi connectivity index (χ3v) is 1.52. The number of aliphatic hydroxyl groups excluding tert-OH is 1. The summed E-state index contributed by atoms with van der Waals surface area (Å²) in [4.78, 5) is 0. The first-order valence-electron chi connectivity index (χ1n) is 3.40.